The molecule has 0 radical (unpaired) electrons. The normalized spacial score (nSPS) is 25.9. The van der Waals surface area contributed by atoms with E-state index in [4.69, 9.17) is 5.73 Å². The molecule has 1 saturated heterocycles. The van der Waals surface area contributed by atoms with Gasteiger partial charge in [-0.3, -0.25) is 4.79 Å². The van der Waals surface area contributed by atoms with Crippen molar-refractivity contribution in [1.82, 2.24) is 4.90 Å². The van der Waals surface area contributed by atoms with E-state index < -0.39 is 0 Å². The van der Waals surface area contributed by atoms with Gasteiger partial charge in [0.15, 0.2) is 0 Å². The molecular formula is C11H22N2OS. The zero-order valence-corrected chi connectivity index (χ0v) is 10.6. The summed E-state index contributed by atoms with van der Waals surface area (Å²) >= 11 is 1.74. The average molecular weight is 230 g/mol. The van der Waals surface area contributed by atoms with Crippen molar-refractivity contribution >= 4 is 17.7 Å². The van der Waals surface area contributed by atoms with Gasteiger partial charge < -0.3 is 10.6 Å². The molecule has 88 valence electrons. The minimum Gasteiger partial charge on any atom is -0.339 e. The molecule has 2 N–H and O–H groups in total. The first-order chi connectivity index (χ1) is 7.19. The highest BCUT2D eigenvalue weighted by Gasteiger charge is 2.30. The van der Waals surface area contributed by atoms with Gasteiger partial charge in [0.05, 0.1) is 5.75 Å². The molecule has 0 aromatic rings. The molecule has 3 nitrogen and oxygen atoms in total. The molecular weight excluding hydrogens is 208 g/mol. The molecule has 15 heavy (non-hydrogen) atoms. The summed E-state index contributed by atoms with van der Waals surface area (Å²) in [7, 11) is 0. The molecule has 0 aromatic heterocycles. The Morgan fingerprint density at radius 3 is 2.87 bits per heavy atom. The number of thioether (sulfide) groups is 1. The fourth-order valence-corrected chi connectivity index (χ4v) is 2.82. The lowest BCUT2D eigenvalue weighted by Crippen LogP contribution is -2.35. The Kier molecular flexibility index (Phi) is 5.47. The van der Waals surface area contributed by atoms with Gasteiger partial charge in [-0.15, -0.1) is 0 Å². The number of hydrogen-bond donors (Lipinski definition) is 1. The topological polar surface area (TPSA) is 46.3 Å². The monoisotopic (exact) mass is 230 g/mol. The smallest absolute Gasteiger partial charge is 0.232 e. The second-order valence-corrected chi connectivity index (χ2v) is 5.39. The molecule has 2 unspecified atom stereocenters. The molecule has 1 amide bonds. The highest BCUT2D eigenvalue weighted by Crippen LogP contribution is 2.22. The van der Waals surface area contributed by atoms with Crippen LogP contribution in [0.4, 0.5) is 0 Å². The molecule has 1 fully saturated rings. The predicted octanol–water partition coefficient (Wildman–Crippen LogP) is 1.33. The Labute approximate surface area is 96.8 Å². The van der Waals surface area contributed by atoms with Crippen LogP contribution in [0.5, 0.6) is 0 Å². The second kappa shape index (κ2) is 6.38. The first-order valence-corrected chi connectivity index (χ1v) is 6.91. The van der Waals surface area contributed by atoms with E-state index in [9.17, 15) is 4.79 Å². The van der Waals surface area contributed by atoms with Crippen molar-refractivity contribution in [3.63, 3.8) is 0 Å². The lowest BCUT2D eigenvalue weighted by molar-refractivity contribution is -0.128. The third-order valence-corrected chi connectivity index (χ3v) is 4.04. The van der Waals surface area contributed by atoms with Crippen LogP contribution in [0.25, 0.3) is 0 Å². The largest absolute Gasteiger partial charge is 0.339 e. The molecule has 0 bridgehead atoms. The maximum Gasteiger partial charge on any atom is 0.232 e. The Bertz CT molecular complexity index is 211. The summed E-state index contributed by atoms with van der Waals surface area (Å²) in [5.41, 5.74) is 5.64. The van der Waals surface area contributed by atoms with Crippen LogP contribution in [-0.2, 0) is 4.79 Å². The SMILES string of the molecule is CCCSCC(=O)N1CC(CN)CC1C. The molecule has 0 aliphatic carbocycles. The highest BCUT2D eigenvalue weighted by atomic mass is 32.2. The molecule has 2 atom stereocenters. The van der Waals surface area contributed by atoms with Crippen molar-refractivity contribution < 1.29 is 4.79 Å². The first kappa shape index (κ1) is 12.8. The van der Waals surface area contributed by atoms with Crippen molar-refractivity contribution in [3.05, 3.63) is 0 Å². The van der Waals surface area contributed by atoms with E-state index in [2.05, 4.69) is 13.8 Å². The summed E-state index contributed by atoms with van der Waals surface area (Å²) in [4.78, 5) is 13.9. The summed E-state index contributed by atoms with van der Waals surface area (Å²) in [5, 5.41) is 0. The molecule has 1 aliphatic heterocycles. The van der Waals surface area contributed by atoms with Gasteiger partial charge >= 0.3 is 0 Å². The highest BCUT2D eigenvalue weighted by molar-refractivity contribution is 7.99. The van der Waals surface area contributed by atoms with Gasteiger partial charge in [0.2, 0.25) is 5.91 Å². The van der Waals surface area contributed by atoms with Crippen LogP contribution in [0.2, 0.25) is 0 Å². The van der Waals surface area contributed by atoms with Crippen molar-refractivity contribution in [2.45, 2.75) is 32.7 Å². The van der Waals surface area contributed by atoms with E-state index in [1.165, 1.54) is 0 Å². The quantitative estimate of drug-likeness (QED) is 0.725. The number of likely N-dealkylation sites (tertiary alicyclic amines) is 1. The predicted molar refractivity (Wildman–Crippen MR) is 66.0 cm³/mol. The van der Waals surface area contributed by atoms with Crippen LogP contribution in [-0.4, -0.2) is 41.4 Å². The number of carbonyl (C=O) groups excluding carboxylic acids is 1. The molecule has 4 heteroatoms. The number of nitrogens with zero attached hydrogens (tertiary/aromatic N) is 1. The summed E-state index contributed by atoms with van der Waals surface area (Å²) in [6.45, 7) is 5.83. The van der Waals surface area contributed by atoms with Gasteiger partial charge in [-0.2, -0.15) is 11.8 Å². The first-order valence-electron chi connectivity index (χ1n) is 5.76. The van der Waals surface area contributed by atoms with Crippen molar-refractivity contribution in [2.24, 2.45) is 11.7 Å². The second-order valence-electron chi connectivity index (χ2n) is 4.29. The lowest BCUT2D eigenvalue weighted by Gasteiger charge is -2.21. The summed E-state index contributed by atoms with van der Waals surface area (Å²) < 4.78 is 0. The molecule has 0 spiro atoms. The van der Waals surface area contributed by atoms with E-state index in [0.717, 1.165) is 25.1 Å². The number of carbonyl (C=O) groups is 1. The molecule has 1 heterocycles. The average Bonchev–Trinajstić information content (AvgIpc) is 2.60. The van der Waals surface area contributed by atoms with E-state index in [1.807, 2.05) is 4.90 Å². The third-order valence-electron chi connectivity index (χ3n) is 2.89. The Balaban J connectivity index is 2.33. The number of amides is 1. The van der Waals surface area contributed by atoms with Crippen molar-refractivity contribution in [2.75, 3.05) is 24.6 Å². The van der Waals surface area contributed by atoms with E-state index in [-0.39, 0.29) is 5.91 Å². The maximum atomic E-state index is 11.9. The maximum absolute atomic E-state index is 11.9. The van der Waals surface area contributed by atoms with Crippen LogP contribution in [0.3, 0.4) is 0 Å². The van der Waals surface area contributed by atoms with Crippen LogP contribution in [0.1, 0.15) is 26.7 Å². The van der Waals surface area contributed by atoms with Gasteiger partial charge in [-0.1, -0.05) is 6.92 Å². The van der Waals surface area contributed by atoms with Crippen LogP contribution in [0, 0.1) is 5.92 Å². The van der Waals surface area contributed by atoms with E-state index in [1.54, 1.807) is 11.8 Å². The van der Waals surface area contributed by atoms with Crippen molar-refractivity contribution in [3.8, 4) is 0 Å². The van der Waals surface area contributed by atoms with Gasteiger partial charge in [-0.25, -0.2) is 0 Å². The Morgan fingerprint density at radius 2 is 2.33 bits per heavy atom. The molecule has 0 saturated carbocycles. The Hall–Kier alpha value is -0.220. The fraction of sp³-hybridized carbons (Fsp3) is 0.909. The van der Waals surface area contributed by atoms with Crippen molar-refractivity contribution in [1.29, 1.82) is 0 Å². The van der Waals surface area contributed by atoms with Gasteiger partial charge in [0, 0.05) is 12.6 Å². The van der Waals surface area contributed by atoms with Crippen LogP contribution in [0.15, 0.2) is 0 Å². The lowest BCUT2D eigenvalue weighted by atomic mass is 10.1. The number of rotatable bonds is 5. The fourth-order valence-electron chi connectivity index (χ4n) is 2.05. The molecule has 1 rings (SSSR count). The summed E-state index contributed by atoms with van der Waals surface area (Å²) in [5.74, 6) is 2.51. The summed E-state index contributed by atoms with van der Waals surface area (Å²) in [6, 6.07) is 0.383. The van der Waals surface area contributed by atoms with Gasteiger partial charge in [0.25, 0.3) is 0 Å². The van der Waals surface area contributed by atoms with Crippen LogP contribution < -0.4 is 5.73 Å². The zero-order valence-electron chi connectivity index (χ0n) is 9.74. The Morgan fingerprint density at radius 1 is 1.60 bits per heavy atom. The van der Waals surface area contributed by atoms with E-state index >= 15 is 0 Å². The number of nitrogens with two attached hydrogens (primary N) is 1. The van der Waals surface area contributed by atoms with Crippen LogP contribution >= 0.6 is 11.8 Å². The minimum absolute atomic E-state index is 0.289. The number of hydrogen-bond acceptors (Lipinski definition) is 3. The third kappa shape index (κ3) is 3.68. The van der Waals surface area contributed by atoms with Gasteiger partial charge in [0.1, 0.15) is 0 Å². The minimum atomic E-state index is 0.289. The molecule has 1 aliphatic rings. The molecule has 0 aromatic carbocycles. The zero-order chi connectivity index (χ0) is 11.3. The van der Waals surface area contributed by atoms with E-state index in [0.29, 0.717) is 24.3 Å². The summed E-state index contributed by atoms with van der Waals surface area (Å²) in [6.07, 6.45) is 2.21. The van der Waals surface area contributed by atoms with Gasteiger partial charge in [-0.05, 0) is 38.0 Å². The standard InChI is InChI=1S/C11H22N2OS/c1-3-4-15-8-11(14)13-7-10(6-12)5-9(13)2/h9-10H,3-8,12H2,1-2H3.